The second-order valence-electron chi connectivity index (χ2n) is 13.2. The second kappa shape index (κ2) is 7.51. The number of nitrogens with zero attached hydrogens (tertiary/aromatic N) is 4. The molecule has 0 spiro atoms. The van der Waals surface area contributed by atoms with Crippen LogP contribution in [-0.4, -0.2) is 113 Å². The maximum atomic E-state index is 14.1. The summed E-state index contributed by atoms with van der Waals surface area (Å²) in [7, 11) is 2.47. The lowest BCUT2D eigenvalue weighted by Crippen LogP contribution is -2.75. The van der Waals surface area contributed by atoms with E-state index in [2.05, 4.69) is 10.6 Å². The maximum Gasteiger partial charge on any atom is 0.279 e. The van der Waals surface area contributed by atoms with Gasteiger partial charge in [-0.2, -0.15) is 0 Å². The van der Waals surface area contributed by atoms with Crippen molar-refractivity contribution in [3.8, 4) is 0 Å². The number of rotatable bonds is 1. The number of piperazine rings is 2. The molecule has 44 heavy (non-hydrogen) atoms. The van der Waals surface area contributed by atoms with E-state index >= 15 is 0 Å². The Kier molecular flexibility index (Phi) is 4.67. The highest BCUT2D eigenvalue weighted by Gasteiger charge is 2.85. The van der Waals surface area contributed by atoms with E-state index in [0.717, 1.165) is 19.6 Å². The van der Waals surface area contributed by atoms with Gasteiger partial charge < -0.3 is 40.9 Å². The van der Waals surface area contributed by atoms with Crippen LogP contribution < -0.4 is 10.6 Å². The summed E-state index contributed by atoms with van der Waals surface area (Å²) in [4.78, 5) is 59.6. The molecule has 6 heterocycles. The molecule has 2 aromatic carbocycles. The highest BCUT2D eigenvalue weighted by molar-refractivity contribution is 6.04. The van der Waals surface area contributed by atoms with Crippen LogP contribution in [0.3, 0.4) is 0 Å². The molecule has 0 radical (unpaired) electrons. The lowest BCUT2D eigenvalue weighted by molar-refractivity contribution is -0.223. The molecule has 6 aliphatic heterocycles. The van der Waals surface area contributed by atoms with E-state index in [1.165, 1.54) is 27.9 Å². The van der Waals surface area contributed by atoms with E-state index in [0.29, 0.717) is 22.5 Å². The highest BCUT2D eigenvalue weighted by Crippen LogP contribution is 2.71. The summed E-state index contributed by atoms with van der Waals surface area (Å²) in [6, 6.07) is 14.2. The average Bonchev–Trinajstić information content (AvgIpc) is 3.64. The lowest BCUT2D eigenvalue weighted by Gasteiger charge is -2.50. The summed E-state index contributed by atoms with van der Waals surface area (Å²) < 4.78 is 0. The van der Waals surface area contributed by atoms with E-state index in [1.807, 2.05) is 0 Å². The molecule has 14 nitrogen and oxygen atoms in total. The quantitative estimate of drug-likeness (QED) is 0.225. The van der Waals surface area contributed by atoms with E-state index in [9.17, 15) is 39.6 Å². The van der Waals surface area contributed by atoms with Crippen LogP contribution >= 0.6 is 0 Å². The summed E-state index contributed by atoms with van der Waals surface area (Å²) in [5.41, 5.74) is -10.1. The van der Waals surface area contributed by atoms with Crippen LogP contribution in [0.1, 0.15) is 37.8 Å². The van der Waals surface area contributed by atoms with Gasteiger partial charge in [0.2, 0.25) is 22.9 Å². The minimum absolute atomic E-state index is 0.398. The first-order valence-electron chi connectivity index (χ1n) is 14.4. The normalized spacial score (nSPS) is 43.3. The Morgan fingerprint density at radius 1 is 0.614 bits per heavy atom. The minimum atomic E-state index is -2.45. The first-order valence-corrected chi connectivity index (χ1v) is 14.4. The van der Waals surface area contributed by atoms with Gasteiger partial charge >= 0.3 is 0 Å². The van der Waals surface area contributed by atoms with Gasteiger partial charge in [-0.15, -0.1) is 0 Å². The van der Waals surface area contributed by atoms with Crippen LogP contribution in [0, 0.1) is 0 Å². The van der Waals surface area contributed by atoms with Crippen molar-refractivity contribution in [3.63, 3.8) is 0 Å². The molecule has 4 fully saturated rings. The van der Waals surface area contributed by atoms with Gasteiger partial charge in [0.1, 0.15) is 12.3 Å². The predicted molar refractivity (Wildman–Crippen MR) is 151 cm³/mol. The van der Waals surface area contributed by atoms with Crippen molar-refractivity contribution in [2.24, 2.45) is 0 Å². The van der Waals surface area contributed by atoms with Gasteiger partial charge in [-0.05, 0) is 37.1 Å². The van der Waals surface area contributed by atoms with Crippen molar-refractivity contribution < 1.29 is 39.6 Å². The molecule has 2 aromatic rings. The molecule has 0 aromatic heterocycles. The Morgan fingerprint density at radius 2 is 0.955 bits per heavy atom. The zero-order valence-electron chi connectivity index (χ0n) is 24.4. The molecule has 0 bridgehead atoms. The summed E-state index contributed by atoms with van der Waals surface area (Å²) in [6.07, 6.45) is -3.15. The number of hydrogen-bond acceptors (Lipinski definition) is 10. The fraction of sp³-hybridized carbons (Fsp3) is 0.467. The molecule has 0 aliphatic carbocycles. The smallest absolute Gasteiger partial charge is 0.279 e. The van der Waals surface area contributed by atoms with Crippen molar-refractivity contribution in [2.75, 3.05) is 24.7 Å². The minimum Gasteiger partial charge on any atom is -0.364 e. The van der Waals surface area contributed by atoms with Crippen LogP contribution in [0.2, 0.25) is 0 Å². The summed E-state index contributed by atoms with van der Waals surface area (Å²) in [5, 5.41) is 53.7. The number of carbonyl (C=O) groups excluding carboxylic acids is 4. The molecule has 0 saturated carbocycles. The fourth-order valence-corrected chi connectivity index (χ4v) is 9.05. The van der Waals surface area contributed by atoms with Gasteiger partial charge in [-0.1, -0.05) is 36.4 Å². The molecule has 4 saturated heterocycles. The largest absolute Gasteiger partial charge is 0.364 e. The number of fused-ring (bicyclic) bond motifs is 11. The summed E-state index contributed by atoms with van der Waals surface area (Å²) >= 11 is 0. The number of anilines is 2. The molecule has 6 N–H and O–H groups in total. The number of aliphatic hydroxyl groups is 4. The van der Waals surface area contributed by atoms with E-state index in [-0.39, 0.29) is 0 Å². The van der Waals surface area contributed by atoms with Crippen molar-refractivity contribution in [3.05, 3.63) is 59.7 Å². The number of likely N-dealkylation sites (N-methyl/N-ethyl adjacent to an activating group) is 2. The molecule has 6 aliphatic rings. The zero-order chi connectivity index (χ0) is 31.6. The third-order valence-electron chi connectivity index (χ3n) is 11.3. The van der Waals surface area contributed by atoms with Gasteiger partial charge in [0.15, 0.2) is 0 Å². The number of hydrogen-bond donors (Lipinski definition) is 6. The van der Waals surface area contributed by atoms with Gasteiger partial charge in [-0.3, -0.25) is 29.0 Å². The number of amides is 4. The van der Waals surface area contributed by atoms with Crippen LogP contribution in [0.25, 0.3) is 0 Å². The van der Waals surface area contributed by atoms with Gasteiger partial charge in [0.25, 0.3) is 23.6 Å². The molecule has 230 valence electrons. The first-order chi connectivity index (χ1) is 20.5. The van der Waals surface area contributed by atoms with Crippen LogP contribution in [0.5, 0.6) is 0 Å². The second-order valence-corrected chi connectivity index (χ2v) is 13.2. The third kappa shape index (κ3) is 2.50. The maximum absolute atomic E-state index is 14.1. The monoisotopic (exact) mass is 604 g/mol. The van der Waals surface area contributed by atoms with Crippen molar-refractivity contribution in [1.29, 1.82) is 0 Å². The lowest BCUT2D eigenvalue weighted by atomic mass is 9.53. The summed E-state index contributed by atoms with van der Waals surface area (Å²) in [6.45, 7) is 2.35. The van der Waals surface area contributed by atoms with Gasteiger partial charge in [0.05, 0.1) is 10.8 Å². The van der Waals surface area contributed by atoms with Crippen LogP contribution in [-0.2, 0) is 30.0 Å². The Hall–Kier alpha value is -4.24. The topological polar surface area (TPSA) is 186 Å². The number of para-hydroxylation sites is 2. The average molecular weight is 605 g/mol. The molecule has 8 atom stereocenters. The van der Waals surface area contributed by atoms with Crippen molar-refractivity contribution >= 4 is 35.0 Å². The number of carbonyl (C=O) groups is 4. The van der Waals surface area contributed by atoms with Gasteiger partial charge in [0, 0.05) is 38.3 Å². The van der Waals surface area contributed by atoms with Crippen molar-refractivity contribution in [2.45, 2.75) is 72.8 Å². The third-order valence-corrected chi connectivity index (χ3v) is 11.3. The SMILES string of the molecule is CN1C(=O)[C@]2(O)C[C@]3([C@]45C[C@@]6(O)C(=O)N(C)[C@](C)(O)C(=O)N6[C@H]4Nc4ccccc45)c4ccccc4N[C@@H]3N2C(=O)[C@@]1(C)O. The standard InChI is InChI=1S/C30H32N6O8/c1-25(41)21(37)35-19-27(13-29(35,43)23(39)33(25)3,15-9-5-7-11-17(15)31-19)28-14-30(44)24(40)34(4)26(2,42)22(38)36(30)20(28)32-18-12-8-6-10-16(18)28/h5-12,19-20,31-32,41-44H,13-14H2,1-4H3/t19-,20-,25-,26-,27+,28+,29-,30-/m1/s1. The van der Waals surface area contributed by atoms with Crippen LogP contribution in [0.15, 0.2) is 48.5 Å². The number of benzene rings is 2. The Balaban J connectivity index is 1.47. The Labute approximate surface area is 251 Å². The molecule has 14 heteroatoms. The van der Waals surface area contributed by atoms with E-state index in [4.69, 9.17) is 0 Å². The predicted octanol–water partition coefficient (Wildman–Crippen LogP) is -1.43. The van der Waals surface area contributed by atoms with Gasteiger partial charge in [-0.25, -0.2) is 0 Å². The molecule has 8 rings (SSSR count). The number of nitrogens with one attached hydrogen (secondary N) is 2. The molecular weight excluding hydrogens is 572 g/mol. The molecular formula is C30H32N6O8. The summed E-state index contributed by atoms with van der Waals surface area (Å²) in [5.74, 6) is -3.67. The van der Waals surface area contributed by atoms with E-state index < -0.39 is 82.5 Å². The molecule has 0 unspecified atom stereocenters. The Bertz CT molecular complexity index is 1620. The first kappa shape index (κ1) is 27.3. The fourth-order valence-electron chi connectivity index (χ4n) is 9.05. The van der Waals surface area contributed by atoms with E-state index in [1.54, 1.807) is 48.5 Å². The highest BCUT2D eigenvalue weighted by atomic mass is 16.4. The van der Waals surface area contributed by atoms with Crippen molar-refractivity contribution in [1.82, 2.24) is 19.6 Å². The Morgan fingerprint density at radius 3 is 1.32 bits per heavy atom. The molecule has 4 amide bonds. The van der Waals surface area contributed by atoms with Crippen LogP contribution in [0.4, 0.5) is 11.4 Å². The zero-order valence-corrected chi connectivity index (χ0v) is 24.4.